The van der Waals surface area contributed by atoms with E-state index in [1.807, 2.05) is 26.0 Å². The van der Waals surface area contributed by atoms with Gasteiger partial charge in [0.05, 0.1) is 11.9 Å². The van der Waals surface area contributed by atoms with Gasteiger partial charge in [0, 0.05) is 18.2 Å². The van der Waals surface area contributed by atoms with Crippen LogP contribution in [0.25, 0.3) is 0 Å². The predicted molar refractivity (Wildman–Crippen MR) is 93.1 cm³/mol. The third-order valence-corrected chi connectivity index (χ3v) is 3.74. The van der Waals surface area contributed by atoms with E-state index in [1.165, 1.54) is 0 Å². The summed E-state index contributed by atoms with van der Waals surface area (Å²) in [6.45, 7) is 4.28. The van der Waals surface area contributed by atoms with Crippen molar-refractivity contribution < 1.29 is 19.4 Å². The smallest absolute Gasteiger partial charge is 0.407 e. The molecule has 128 valence electrons. The van der Waals surface area contributed by atoms with Gasteiger partial charge in [0.15, 0.2) is 5.78 Å². The van der Waals surface area contributed by atoms with E-state index in [-0.39, 0.29) is 24.3 Å². The van der Waals surface area contributed by atoms with Gasteiger partial charge < -0.3 is 15.2 Å². The molecule has 0 aliphatic carbocycles. The highest BCUT2D eigenvalue weighted by Crippen LogP contribution is 2.10. The summed E-state index contributed by atoms with van der Waals surface area (Å²) in [5.41, 5.74) is 1.63. The van der Waals surface area contributed by atoms with E-state index < -0.39 is 6.09 Å². The van der Waals surface area contributed by atoms with E-state index in [0.29, 0.717) is 30.3 Å². The van der Waals surface area contributed by atoms with Crippen molar-refractivity contribution in [2.75, 3.05) is 18.5 Å². The highest BCUT2D eigenvalue weighted by Gasteiger charge is 2.14. The van der Waals surface area contributed by atoms with Crippen LogP contribution in [-0.2, 0) is 11.2 Å². The van der Waals surface area contributed by atoms with Crippen molar-refractivity contribution >= 4 is 27.8 Å². The molecule has 0 saturated heterocycles. The van der Waals surface area contributed by atoms with Crippen molar-refractivity contribution in [3.05, 3.63) is 35.4 Å². The zero-order valence-corrected chi connectivity index (χ0v) is 15.1. The van der Waals surface area contributed by atoms with Crippen LogP contribution in [0.15, 0.2) is 24.3 Å². The normalized spacial score (nSPS) is 12.0. The Morgan fingerprint density at radius 1 is 1.26 bits per heavy atom. The molecule has 0 saturated carbocycles. The number of ether oxygens (including phenoxy) is 1. The number of aliphatic hydroxyl groups excluding tert-OH is 1. The van der Waals surface area contributed by atoms with E-state index in [0.717, 1.165) is 5.56 Å². The van der Waals surface area contributed by atoms with E-state index in [9.17, 15) is 9.59 Å². The zero-order chi connectivity index (χ0) is 17.2. The van der Waals surface area contributed by atoms with E-state index in [4.69, 9.17) is 9.84 Å². The number of aliphatic hydroxyl groups is 1. The number of ketones is 1. The maximum absolute atomic E-state index is 11.7. The fourth-order valence-corrected chi connectivity index (χ4v) is 2.34. The SMILES string of the molecule is CC(C)COC(=O)N[C@H](CCO)Cc1ccc(C(=O)CBr)cc1. The van der Waals surface area contributed by atoms with Gasteiger partial charge in [-0.15, -0.1) is 0 Å². The molecule has 0 spiro atoms. The lowest BCUT2D eigenvalue weighted by molar-refractivity contribution is 0.102. The molecule has 0 fully saturated rings. The molecule has 1 atom stereocenters. The first kappa shape index (κ1) is 19.6. The standard InChI is InChI=1S/C17H24BrNO4/c1-12(2)11-23-17(22)19-15(7-8-20)9-13-3-5-14(6-4-13)16(21)10-18/h3-6,12,15,20H,7-11H2,1-2H3,(H,19,22)/t15-/m1/s1. The van der Waals surface area contributed by atoms with Crippen molar-refractivity contribution in [3.8, 4) is 0 Å². The average molecular weight is 386 g/mol. The topological polar surface area (TPSA) is 75.6 Å². The number of halogens is 1. The summed E-state index contributed by atoms with van der Waals surface area (Å²) < 4.78 is 5.10. The number of hydrogen-bond acceptors (Lipinski definition) is 4. The number of amides is 1. The number of alkyl halides is 1. The summed E-state index contributed by atoms with van der Waals surface area (Å²) in [7, 11) is 0. The molecule has 0 radical (unpaired) electrons. The summed E-state index contributed by atoms with van der Waals surface area (Å²) in [4.78, 5) is 23.3. The Morgan fingerprint density at radius 2 is 1.91 bits per heavy atom. The Labute approximate surface area is 145 Å². The fraction of sp³-hybridized carbons (Fsp3) is 0.529. The monoisotopic (exact) mass is 385 g/mol. The number of carbonyl (C=O) groups excluding carboxylic acids is 2. The van der Waals surface area contributed by atoms with Gasteiger partial charge in [0.25, 0.3) is 0 Å². The van der Waals surface area contributed by atoms with Gasteiger partial charge in [-0.05, 0) is 24.3 Å². The molecule has 1 aromatic rings. The van der Waals surface area contributed by atoms with Crippen molar-refractivity contribution in [2.24, 2.45) is 5.92 Å². The molecular formula is C17H24BrNO4. The first-order valence-corrected chi connectivity index (χ1v) is 8.80. The second kappa shape index (κ2) is 10.4. The molecule has 6 heteroatoms. The third kappa shape index (κ3) is 7.61. The lowest BCUT2D eigenvalue weighted by Crippen LogP contribution is -2.38. The first-order chi connectivity index (χ1) is 11.0. The molecular weight excluding hydrogens is 362 g/mol. The lowest BCUT2D eigenvalue weighted by atomic mass is 10.0. The molecule has 0 bridgehead atoms. The lowest BCUT2D eigenvalue weighted by Gasteiger charge is -2.18. The van der Waals surface area contributed by atoms with Crippen LogP contribution >= 0.6 is 15.9 Å². The Morgan fingerprint density at radius 3 is 2.43 bits per heavy atom. The average Bonchev–Trinajstić information content (AvgIpc) is 2.53. The molecule has 0 aliphatic heterocycles. The van der Waals surface area contributed by atoms with Crippen molar-refractivity contribution in [1.82, 2.24) is 5.32 Å². The summed E-state index contributed by atoms with van der Waals surface area (Å²) >= 11 is 3.14. The van der Waals surface area contributed by atoms with E-state index >= 15 is 0 Å². The molecule has 0 aromatic heterocycles. The predicted octanol–water partition coefficient (Wildman–Crippen LogP) is 2.94. The van der Waals surface area contributed by atoms with Crippen LogP contribution < -0.4 is 5.32 Å². The number of nitrogens with one attached hydrogen (secondary N) is 1. The molecule has 1 aromatic carbocycles. The number of benzene rings is 1. The molecule has 23 heavy (non-hydrogen) atoms. The Bertz CT molecular complexity index is 502. The molecule has 0 unspecified atom stereocenters. The minimum absolute atomic E-state index is 0.0186. The molecule has 0 aliphatic rings. The summed E-state index contributed by atoms with van der Waals surface area (Å²) in [6.07, 6.45) is 0.544. The minimum Gasteiger partial charge on any atom is -0.449 e. The second-order valence-electron chi connectivity index (χ2n) is 5.80. The molecule has 1 amide bonds. The molecule has 1 rings (SSSR count). The van der Waals surface area contributed by atoms with Gasteiger partial charge in [0.1, 0.15) is 0 Å². The zero-order valence-electron chi connectivity index (χ0n) is 13.5. The largest absolute Gasteiger partial charge is 0.449 e. The van der Waals surface area contributed by atoms with E-state index in [1.54, 1.807) is 12.1 Å². The fourth-order valence-electron chi connectivity index (χ4n) is 2.02. The van der Waals surface area contributed by atoms with Crippen molar-refractivity contribution in [1.29, 1.82) is 0 Å². The first-order valence-electron chi connectivity index (χ1n) is 7.68. The maximum atomic E-state index is 11.7. The van der Waals surface area contributed by atoms with Crippen LogP contribution in [0.3, 0.4) is 0 Å². The quantitative estimate of drug-likeness (QED) is 0.506. The molecule has 0 heterocycles. The second-order valence-corrected chi connectivity index (χ2v) is 6.36. The minimum atomic E-state index is -0.469. The number of alkyl carbamates (subject to hydrolysis) is 1. The highest BCUT2D eigenvalue weighted by atomic mass is 79.9. The van der Waals surface area contributed by atoms with Gasteiger partial charge in [-0.1, -0.05) is 54.0 Å². The van der Waals surface area contributed by atoms with Gasteiger partial charge >= 0.3 is 6.09 Å². The third-order valence-electron chi connectivity index (χ3n) is 3.23. The summed E-state index contributed by atoms with van der Waals surface area (Å²) in [5, 5.41) is 12.2. The van der Waals surface area contributed by atoms with Crippen LogP contribution in [0.2, 0.25) is 0 Å². The van der Waals surface area contributed by atoms with Gasteiger partial charge in [-0.2, -0.15) is 0 Å². The maximum Gasteiger partial charge on any atom is 0.407 e. The Hall–Kier alpha value is -1.40. The van der Waals surface area contributed by atoms with Crippen LogP contribution in [0, 0.1) is 5.92 Å². The van der Waals surface area contributed by atoms with Crippen molar-refractivity contribution in [2.45, 2.75) is 32.7 Å². The van der Waals surface area contributed by atoms with E-state index in [2.05, 4.69) is 21.2 Å². The van der Waals surface area contributed by atoms with Crippen LogP contribution in [0.5, 0.6) is 0 Å². The Kier molecular flexibility index (Phi) is 8.87. The highest BCUT2D eigenvalue weighted by molar-refractivity contribution is 9.09. The summed E-state index contributed by atoms with van der Waals surface area (Å²) in [5.74, 6) is 0.301. The van der Waals surface area contributed by atoms with Gasteiger partial charge in [-0.3, -0.25) is 4.79 Å². The Balaban J connectivity index is 2.61. The summed E-state index contributed by atoms with van der Waals surface area (Å²) in [6, 6.07) is 7.05. The van der Waals surface area contributed by atoms with Crippen molar-refractivity contribution in [3.63, 3.8) is 0 Å². The number of rotatable bonds is 9. The van der Waals surface area contributed by atoms with Crippen LogP contribution in [0.1, 0.15) is 36.2 Å². The number of Topliss-reactive ketones (excluding diaryl/α,β-unsaturated/α-hetero) is 1. The van der Waals surface area contributed by atoms with Gasteiger partial charge in [0.2, 0.25) is 0 Å². The van der Waals surface area contributed by atoms with Crippen LogP contribution in [0.4, 0.5) is 4.79 Å². The molecule has 5 nitrogen and oxygen atoms in total. The van der Waals surface area contributed by atoms with Gasteiger partial charge in [-0.25, -0.2) is 4.79 Å². The number of carbonyl (C=O) groups is 2. The number of hydrogen-bond donors (Lipinski definition) is 2. The van der Waals surface area contributed by atoms with Crippen LogP contribution in [-0.4, -0.2) is 41.6 Å². The molecule has 2 N–H and O–H groups in total.